The molecule has 1 aromatic carbocycles. The van der Waals surface area contributed by atoms with Crippen molar-refractivity contribution in [2.45, 2.75) is 97.9 Å². The summed E-state index contributed by atoms with van der Waals surface area (Å²) in [5.74, 6) is 1.14. The van der Waals surface area contributed by atoms with Crippen LogP contribution in [0.2, 0.25) is 0 Å². The maximum Gasteiger partial charge on any atom is 0.242 e. The molecule has 0 saturated carbocycles. The quantitative estimate of drug-likeness (QED) is 0.192. The summed E-state index contributed by atoms with van der Waals surface area (Å²) < 4.78 is 5.52. The van der Waals surface area contributed by atoms with Crippen molar-refractivity contribution < 1.29 is 14.0 Å². The third-order valence-electron chi connectivity index (χ3n) is 6.55. The van der Waals surface area contributed by atoms with Gasteiger partial charge in [0.05, 0.1) is 19.4 Å². The van der Waals surface area contributed by atoms with E-state index in [1.54, 1.807) is 11.2 Å². The molecule has 1 aromatic heterocycles. The van der Waals surface area contributed by atoms with E-state index in [1.807, 2.05) is 35.2 Å². The molecule has 0 aliphatic heterocycles. The van der Waals surface area contributed by atoms with Gasteiger partial charge in [0.1, 0.15) is 5.76 Å². The van der Waals surface area contributed by atoms with Crippen LogP contribution < -0.4 is 0 Å². The third-order valence-corrected chi connectivity index (χ3v) is 6.55. The summed E-state index contributed by atoms with van der Waals surface area (Å²) in [6.45, 7) is 8.18. The van der Waals surface area contributed by atoms with Gasteiger partial charge in [-0.05, 0) is 36.5 Å². The Morgan fingerprint density at radius 3 is 2.08 bits per heavy atom. The van der Waals surface area contributed by atoms with Crippen LogP contribution in [0.5, 0.6) is 0 Å². The first-order valence-electron chi connectivity index (χ1n) is 14.1. The van der Waals surface area contributed by atoms with E-state index in [-0.39, 0.29) is 18.4 Å². The standard InChI is InChI=1S/C31H48N2O3/c1-4-5-6-7-8-9-10-11-15-20-30(34)33(24-27(2)3)26-31(35)32(25-29-19-16-23-36-29)22-21-28-17-13-12-14-18-28/h12-14,16-19,23,27H,4-11,15,20-22,24-26H2,1-3H3. The predicted molar refractivity (Wildman–Crippen MR) is 148 cm³/mol. The number of hydrogen-bond acceptors (Lipinski definition) is 3. The summed E-state index contributed by atoms with van der Waals surface area (Å²) in [6, 6.07) is 13.9. The van der Waals surface area contributed by atoms with Gasteiger partial charge < -0.3 is 14.2 Å². The normalized spacial score (nSPS) is 11.1. The second-order valence-corrected chi connectivity index (χ2v) is 10.4. The van der Waals surface area contributed by atoms with Crippen LogP contribution in [-0.4, -0.2) is 41.2 Å². The maximum absolute atomic E-state index is 13.4. The molecule has 200 valence electrons. The molecule has 36 heavy (non-hydrogen) atoms. The Labute approximate surface area is 219 Å². The van der Waals surface area contributed by atoms with Crippen molar-refractivity contribution >= 4 is 11.8 Å². The Kier molecular flexibility index (Phi) is 14.7. The van der Waals surface area contributed by atoms with Crippen LogP contribution in [0.4, 0.5) is 0 Å². The number of furan rings is 1. The van der Waals surface area contributed by atoms with Crippen LogP contribution in [-0.2, 0) is 22.6 Å². The van der Waals surface area contributed by atoms with E-state index in [0.29, 0.717) is 32.0 Å². The Bertz CT molecular complexity index is 833. The lowest BCUT2D eigenvalue weighted by Gasteiger charge is -2.28. The van der Waals surface area contributed by atoms with Crippen molar-refractivity contribution in [1.29, 1.82) is 0 Å². The molecule has 0 spiro atoms. The lowest BCUT2D eigenvalue weighted by Crippen LogP contribution is -2.44. The Balaban J connectivity index is 1.87. The average molecular weight is 497 g/mol. The molecule has 0 fully saturated rings. The molecule has 1 heterocycles. The summed E-state index contributed by atoms with van der Waals surface area (Å²) in [5.41, 5.74) is 1.19. The van der Waals surface area contributed by atoms with Crippen LogP contribution in [0.15, 0.2) is 53.1 Å². The van der Waals surface area contributed by atoms with Crippen LogP contribution in [0.3, 0.4) is 0 Å². The molecular formula is C31H48N2O3. The number of hydrogen-bond donors (Lipinski definition) is 0. The Morgan fingerprint density at radius 2 is 1.47 bits per heavy atom. The van der Waals surface area contributed by atoms with E-state index in [2.05, 4.69) is 32.9 Å². The van der Waals surface area contributed by atoms with E-state index >= 15 is 0 Å². The summed E-state index contributed by atoms with van der Waals surface area (Å²) >= 11 is 0. The molecule has 0 N–H and O–H groups in total. The first-order valence-corrected chi connectivity index (χ1v) is 14.1. The Morgan fingerprint density at radius 1 is 0.806 bits per heavy atom. The largest absolute Gasteiger partial charge is 0.467 e. The van der Waals surface area contributed by atoms with E-state index < -0.39 is 0 Å². The molecule has 2 rings (SSSR count). The molecule has 5 nitrogen and oxygen atoms in total. The molecule has 0 aliphatic carbocycles. The van der Waals surface area contributed by atoms with Gasteiger partial charge in [-0.3, -0.25) is 9.59 Å². The van der Waals surface area contributed by atoms with Gasteiger partial charge in [-0.1, -0.05) is 102 Å². The van der Waals surface area contributed by atoms with Crippen molar-refractivity contribution in [2.75, 3.05) is 19.6 Å². The Hall–Kier alpha value is -2.56. The summed E-state index contributed by atoms with van der Waals surface area (Å²) in [4.78, 5) is 30.1. The lowest BCUT2D eigenvalue weighted by molar-refractivity contribution is -0.141. The molecule has 0 bridgehead atoms. The van der Waals surface area contributed by atoms with Crippen LogP contribution in [0.25, 0.3) is 0 Å². The highest BCUT2D eigenvalue weighted by molar-refractivity contribution is 5.84. The van der Waals surface area contributed by atoms with Gasteiger partial charge in [-0.25, -0.2) is 0 Å². The summed E-state index contributed by atoms with van der Waals surface area (Å²) in [7, 11) is 0. The summed E-state index contributed by atoms with van der Waals surface area (Å²) in [6.07, 6.45) is 14.0. The highest BCUT2D eigenvalue weighted by atomic mass is 16.3. The zero-order chi connectivity index (χ0) is 26.0. The first kappa shape index (κ1) is 29.7. The minimum Gasteiger partial charge on any atom is -0.467 e. The van der Waals surface area contributed by atoms with Crippen LogP contribution in [0.1, 0.15) is 96.3 Å². The third kappa shape index (κ3) is 12.4. The molecular weight excluding hydrogens is 448 g/mol. The van der Waals surface area contributed by atoms with Crippen molar-refractivity contribution in [3.05, 3.63) is 60.1 Å². The van der Waals surface area contributed by atoms with Gasteiger partial charge in [-0.2, -0.15) is 0 Å². The van der Waals surface area contributed by atoms with E-state index in [4.69, 9.17) is 4.42 Å². The molecule has 0 atom stereocenters. The van der Waals surface area contributed by atoms with Crippen molar-refractivity contribution in [3.63, 3.8) is 0 Å². The second kappa shape index (κ2) is 17.8. The number of carbonyl (C=O) groups excluding carboxylic acids is 2. The van der Waals surface area contributed by atoms with Crippen molar-refractivity contribution in [1.82, 2.24) is 9.80 Å². The number of unbranched alkanes of at least 4 members (excludes halogenated alkanes) is 8. The molecule has 0 saturated heterocycles. The maximum atomic E-state index is 13.4. The van der Waals surface area contributed by atoms with Gasteiger partial charge in [0.15, 0.2) is 0 Å². The number of nitrogens with zero attached hydrogens (tertiary/aromatic N) is 2. The van der Waals surface area contributed by atoms with E-state index in [9.17, 15) is 9.59 Å². The van der Waals surface area contributed by atoms with E-state index in [0.717, 1.165) is 25.0 Å². The summed E-state index contributed by atoms with van der Waals surface area (Å²) in [5, 5.41) is 0. The number of carbonyl (C=O) groups is 2. The smallest absolute Gasteiger partial charge is 0.242 e. The number of benzene rings is 1. The highest BCUT2D eigenvalue weighted by Crippen LogP contribution is 2.13. The molecule has 2 amide bonds. The SMILES string of the molecule is CCCCCCCCCCCC(=O)N(CC(=O)N(CCc1ccccc1)Cc1ccco1)CC(C)C. The monoisotopic (exact) mass is 496 g/mol. The van der Waals surface area contributed by atoms with Gasteiger partial charge in [-0.15, -0.1) is 0 Å². The minimum absolute atomic E-state index is 0.0246. The van der Waals surface area contributed by atoms with Gasteiger partial charge in [0.25, 0.3) is 0 Å². The molecule has 0 unspecified atom stereocenters. The fourth-order valence-corrected chi connectivity index (χ4v) is 4.49. The van der Waals surface area contributed by atoms with Gasteiger partial charge >= 0.3 is 0 Å². The van der Waals surface area contributed by atoms with Crippen LogP contribution in [0, 0.1) is 5.92 Å². The van der Waals surface area contributed by atoms with Gasteiger partial charge in [0.2, 0.25) is 11.8 Å². The van der Waals surface area contributed by atoms with E-state index in [1.165, 1.54) is 50.5 Å². The average Bonchev–Trinajstić information content (AvgIpc) is 3.38. The van der Waals surface area contributed by atoms with Gasteiger partial charge in [0, 0.05) is 19.5 Å². The minimum atomic E-state index is -0.0246. The van der Waals surface area contributed by atoms with Crippen molar-refractivity contribution in [3.8, 4) is 0 Å². The predicted octanol–water partition coefficient (Wildman–Crippen LogP) is 7.26. The fourth-order valence-electron chi connectivity index (χ4n) is 4.49. The molecule has 5 heteroatoms. The molecule has 0 radical (unpaired) electrons. The molecule has 2 aromatic rings. The fraction of sp³-hybridized carbons (Fsp3) is 0.613. The zero-order valence-electron chi connectivity index (χ0n) is 22.9. The second-order valence-electron chi connectivity index (χ2n) is 10.4. The molecule has 0 aliphatic rings. The zero-order valence-corrected chi connectivity index (χ0v) is 22.9. The van der Waals surface area contributed by atoms with Crippen molar-refractivity contribution in [2.24, 2.45) is 5.92 Å². The highest BCUT2D eigenvalue weighted by Gasteiger charge is 2.22. The first-order chi connectivity index (χ1) is 17.5. The topological polar surface area (TPSA) is 53.8 Å². The lowest BCUT2D eigenvalue weighted by atomic mass is 10.1. The van der Waals surface area contributed by atoms with Crippen LogP contribution >= 0.6 is 0 Å². The number of rotatable bonds is 19. The number of amides is 2.